The number of methoxy groups -OCH3 is 2. The lowest BCUT2D eigenvalue weighted by molar-refractivity contribution is -0.162. The molecule has 6 heterocycles. The van der Waals surface area contributed by atoms with Gasteiger partial charge in [0.2, 0.25) is 0 Å². The standard InChI is InChI=1S/C34H48N6O5.C31H42N6O5/c1-7-43-28(41)13-10-23-14-25(15-23)39(21(2)3)18-24-16-27(31-30(24)44-34(4,5)45-31)40-20-38-29-32(36-19-37-33(29)40)35-17-22-8-11-26(42-6)12-9-22;1-5-40-25(38)11-8-20-12-22(13-20)32-16-21-14-24(28-27(21)41-31(2,3)42-28)37-18-36-26-29(34-17-35-30(26)37)33-15-19-6-9-23(39-4)10-7-19/h8-9,11-12,19-21,23-25,27,30-31H,7,10,13-18H2,1-6H3,(H,35,36,37);6-7,9-10,17-18,20-22,24,27-28,32H,5,8,11-16H2,1-4H3,(H,33,34,35)/t23?,24-,25?,27-,30-,31+;20?,21-,22?,24-,27-,28+/m11/s1. The number of fused-ring (bicyclic) bond motifs is 4. The summed E-state index contributed by atoms with van der Waals surface area (Å²) in [5, 5.41) is 10.6. The third-order valence-corrected chi connectivity index (χ3v) is 18.6. The summed E-state index contributed by atoms with van der Waals surface area (Å²) >= 11 is 0. The highest BCUT2D eigenvalue weighted by Crippen LogP contribution is 2.50. The maximum atomic E-state index is 11.9. The fourth-order valence-corrected chi connectivity index (χ4v) is 14.2. The molecule has 3 N–H and O–H groups in total. The zero-order valence-corrected chi connectivity index (χ0v) is 52.4. The number of rotatable bonds is 25. The minimum absolute atomic E-state index is 0.0101. The van der Waals surface area contributed by atoms with E-state index in [4.69, 9.17) is 47.9 Å². The Morgan fingerprint density at radius 3 is 1.52 bits per heavy atom. The molecule has 4 aromatic heterocycles. The summed E-state index contributed by atoms with van der Waals surface area (Å²) in [6, 6.07) is 17.4. The Hall–Kier alpha value is -6.56. The SMILES string of the molecule is CCOC(=O)CCC1CC(N(C[C@H]2C[C@@H](n3cnc4c(NCc5ccc(OC)cc5)ncnc43)[C@@H]3OC(C)(C)O[C@H]23)C(C)C)C1.CCOC(=O)CCC1CC(NC[C@H]2C[C@@H](n3cnc4c(NCc5ccc(OC)cc5)ncnc43)[C@@H]3OC(C)(C)O[C@H]23)C1. The molecule has 0 unspecified atom stereocenters. The van der Waals surface area contributed by atoms with E-state index in [-0.39, 0.29) is 48.4 Å². The largest absolute Gasteiger partial charge is 0.497 e. The minimum atomic E-state index is -0.653. The second-order valence-electron chi connectivity index (χ2n) is 25.7. The fourth-order valence-electron chi connectivity index (χ4n) is 14.2. The lowest BCUT2D eigenvalue weighted by Crippen LogP contribution is -2.51. The molecule has 87 heavy (non-hydrogen) atoms. The molecule has 8 atom stereocenters. The van der Waals surface area contributed by atoms with Crippen molar-refractivity contribution in [1.82, 2.24) is 49.3 Å². The second kappa shape index (κ2) is 27.0. The van der Waals surface area contributed by atoms with Gasteiger partial charge in [-0.25, -0.2) is 29.9 Å². The van der Waals surface area contributed by atoms with Crippen molar-refractivity contribution >= 4 is 45.9 Å². The summed E-state index contributed by atoms with van der Waals surface area (Å²) in [4.78, 5) is 54.0. The average Bonchev–Trinajstić information content (AvgIpc) is 1.67. The third kappa shape index (κ3) is 14.3. The number of esters is 2. The first-order valence-corrected chi connectivity index (χ1v) is 31.6. The van der Waals surface area contributed by atoms with Gasteiger partial charge < -0.3 is 63.0 Å². The van der Waals surface area contributed by atoms with E-state index >= 15 is 0 Å². The quantitative estimate of drug-likeness (QED) is 0.0453. The van der Waals surface area contributed by atoms with E-state index in [1.807, 2.05) is 103 Å². The molecular weight excluding hydrogens is 1110 g/mol. The molecular formula is C65H90N12O10. The van der Waals surface area contributed by atoms with Crippen LogP contribution in [0.4, 0.5) is 11.6 Å². The summed E-state index contributed by atoms with van der Waals surface area (Å²) in [5.74, 6) is 3.37. The van der Waals surface area contributed by atoms with E-state index in [1.165, 1.54) is 0 Å². The van der Waals surface area contributed by atoms with Gasteiger partial charge >= 0.3 is 11.9 Å². The van der Waals surface area contributed by atoms with Crippen LogP contribution >= 0.6 is 0 Å². The molecule has 6 fully saturated rings. The molecule has 6 aromatic rings. The van der Waals surface area contributed by atoms with E-state index in [0.717, 1.165) is 109 Å². The molecule has 22 nitrogen and oxygen atoms in total. The first-order chi connectivity index (χ1) is 42.0. The molecule has 2 aliphatic heterocycles. The van der Waals surface area contributed by atoms with Gasteiger partial charge in [-0.05, 0) is 154 Å². The lowest BCUT2D eigenvalue weighted by Gasteiger charge is -2.46. The van der Waals surface area contributed by atoms with Gasteiger partial charge in [-0.1, -0.05) is 24.3 Å². The molecule has 6 aliphatic rings. The number of carbonyl (C=O) groups excluding carboxylic acids is 2. The molecule has 2 saturated heterocycles. The molecule has 0 bridgehead atoms. The molecule has 12 rings (SSSR count). The van der Waals surface area contributed by atoms with Crippen molar-refractivity contribution < 1.29 is 47.5 Å². The highest BCUT2D eigenvalue weighted by atomic mass is 16.8. The smallest absolute Gasteiger partial charge is 0.305 e. The Morgan fingerprint density at radius 1 is 0.609 bits per heavy atom. The zero-order chi connectivity index (χ0) is 61.0. The van der Waals surface area contributed by atoms with Gasteiger partial charge in [-0.3, -0.25) is 14.5 Å². The van der Waals surface area contributed by atoms with Gasteiger partial charge in [-0.2, -0.15) is 0 Å². The predicted octanol–water partition coefficient (Wildman–Crippen LogP) is 9.60. The Labute approximate surface area is 510 Å². The Balaban J connectivity index is 0.000000181. The zero-order valence-electron chi connectivity index (χ0n) is 52.4. The van der Waals surface area contributed by atoms with Gasteiger partial charge in [0.05, 0.1) is 64.4 Å². The third-order valence-electron chi connectivity index (χ3n) is 18.6. The number of anilines is 2. The second-order valence-corrected chi connectivity index (χ2v) is 25.7. The molecule has 0 spiro atoms. The maximum Gasteiger partial charge on any atom is 0.305 e. The molecule has 0 amide bonds. The topological polar surface area (TPSA) is 235 Å². The Kier molecular flexibility index (Phi) is 19.3. The van der Waals surface area contributed by atoms with Gasteiger partial charge in [0, 0.05) is 69.0 Å². The van der Waals surface area contributed by atoms with Crippen LogP contribution in [0, 0.1) is 23.7 Å². The van der Waals surface area contributed by atoms with Crippen molar-refractivity contribution in [3.63, 3.8) is 0 Å². The van der Waals surface area contributed by atoms with E-state index in [1.54, 1.807) is 26.9 Å². The first-order valence-electron chi connectivity index (χ1n) is 31.6. The van der Waals surface area contributed by atoms with Crippen molar-refractivity contribution in [3.8, 4) is 11.5 Å². The molecule has 4 aliphatic carbocycles. The number of hydrogen-bond donors (Lipinski definition) is 3. The van der Waals surface area contributed by atoms with E-state index in [2.05, 4.69) is 63.8 Å². The van der Waals surface area contributed by atoms with Crippen LogP contribution in [0.3, 0.4) is 0 Å². The molecule has 0 radical (unpaired) electrons. The van der Waals surface area contributed by atoms with Crippen LogP contribution in [0.25, 0.3) is 22.3 Å². The number of imidazole rings is 2. The molecule has 22 heteroatoms. The number of nitrogens with one attached hydrogen (secondary N) is 3. The average molecular weight is 1200 g/mol. The van der Waals surface area contributed by atoms with Crippen molar-refractivity contribution in [2.45, 2.75) is 199 Å². The van der Waals surface area contributed by atoms with Gasteiger partial charge in [-0.15, -0.1) is 0 Å². The van der Waals surface area contributed by atoms with Crippen molar-refractivity contribution in [2.75, 3.05) is 51.2 Å². The first kappa shape index (κ1) is 62.1. The van der Waals surface area contributed by atoms with E-state index < -0.39 is 11.6 Å². The normalized spacial score (nSPS) is 27.5. The van der Waals surface area contributed by atoms with Crippen LogP contribution in [-0.2, 0) is 51.1 Å². The summed E-state index contributed by atoms with van der Waals surface area (Å²) in [6.45, 7) is 20.2. The van der Waals surface area contributed by atoms with E-state index in [0.29, 0.717) is 92.6 Å². The van der Waals surface area contributed by atoms with Gasteiger partial charge in [0.25, 0.3) is 0 Å². The van der Waals surface area contributed by atoms with Crippen LogP contribution < -0.4 is 25.4 Å². The Bertz CT molecular complexity index is 3250. The highest BCUT2D eigenvalue weighted by Gasteiger charge is 2.57. The lowest BCUT2D eigenvalue weighted by atomic mass is 9.76. The van der Waals surface area contributed by atoms with Gasteiger partial charge in [0.15, 0.2) is 34.5 Å². The van der Waals surface area contributed by atoms with Crippen LogP contribution in [0.15, 0.2) is 73.8 Å². The highest BCUT2D eigenvalue weighted by molar-refractivity contribution is 5.83. The number of aromatic nitrogens is 8. The summed E-state index contributed by atoms with van der Waals surface area (Å²) in [5.41, 5.74) is 5.31. The van der Waals surface area contributed by atoms with Crippen LogP contribution in [0.5, 0.6) is 11.5 Å². The van der Waals surface area contributed by atoms with Crippen molar-refractivity contribution in [2.24, 2.45) is 23.7 Å². The number of nitrogens with zero attached hydrogens (tertiary/aromatic N) is 9. The maximum absolute atomic E-state index is 11.9. The number of carbonyl (C=O) groups is 2. The monoisotopic (exact) mass is 1200 g/mol. The fraction of sp³-hybridized carbons (Fsp3) is 0.631. The van der Waals surface area contributed by atoms with E-state index in [9.17, 15) is 9.59 Å². The number of ether oxygens (including phenoxy) is 8. The number of hydrogen-bond acceptors (Lipinski definition) is 20. The predicted molar refractivity (Wildman–Crippen MR) is 328 cm³/mol. The van der Waals surface area contributed by atoms with Crippen LogP contribution in [0.1, 0.15) is 143 Å². The molecule has 470 valence electrons. The van der Waals surface area contributed by atoms with Crippen molar-refractivity contribution in [1.29, 1.82) is 0 Å². The number of benzene rings is 2. The Morgan fingerprint density at radius 2 is 1.06 bits per heavy atom. The minimum Gasteiger partial charge on any atom is -0.497 e. The van der Waals surface area contributed by atoms with Gasteiger partial charge in [0.1, 0.15) is 47.4 Å². The summed E-state index contributed by atoms with van der Waals surface area (Å²) < 4.78 is 51.1. The molecule has 4 saturated carbocycles. The summed E-state index contributed by atoms with van der Waals surface area (Å²) in [7, 11) is 3.33. The summed E-state index contributed by atoms with van der Waals surface area (Å²) in [6.07, 6.45) is 15.9. The molecule has 2 aromatic carbocycles. The van der Waals surface area contributed by atoms with Crippen LogP contribution in [-0.4, -0.2) is 151 Å². The van der Waals surface area contributed by atoms with Crippen molar-refractivity contribution in [3.05, 3.63) is 85.0 Å². The van der Waals surface area contributed by atoms with Crippen LogP contribution in [0.2, 0.25) is 0 Å².